The first kappa shape index (κ1) is 16.5. The van der Waals surface area contributed by atoms with Gasteiger partial charge in [-0.05, 0) is 19.4 Å². The zero-order valence-corrected chi connectivity index (χ0v) is 12.9. The summed E-state index contributed by atoms with van der Waals surface area (Å²) in [6.45, 7) is 1.85. The average molecular weight is 315 g/mol. The van der Waals surface area contributed by atoms with Crippen LogP contribution in [0.4, 0.5) is 5.69 Å². The molecule has 1 unspecified atom stereocenters. The van der Waals surface area contributed by atoms with E-state index in [-0.39, 0.29) is 12.1 Å². The van der Waals surface area contributed by atoms with Gasteiger partial charge in [-0.1, -0.05) is 35.9 Å². The quantitative estimate of drug-likeness (QED) is 0.652. The van der Waals surface area contributed by atoms with Crippen molar-refractivity contribution in [2.45, 2.75) is 19.3 Å². The Bertz CT molecular complexity index is 742. The number of hydrogen-bond donors (Lipinski definition) is 1. The fourth-order valence-corrected chi connectivity index (χ4v) is 2.54. The van der Waals surface area contributed by atoms with Crippen LogP contribution < -0.4 is 4.74 Å². The van der Waals surface area contributed by atoms with Gasteiger partial charge in [-0.25, -0.2) is 0 Å². The lowest BCUT2D eigenvalue weighted by atomic mass is 9.90. The average Bonchev–Trinajstić information content (AvgIpc) is 2.52. The van der Waals surface area contributed by atoms with Crippen molar-refractivity contribution in [3.05, 3.63) is 69.3 Å². The van der Waals surface area contributed by atoms with E-state index in [1.54, 1.807) is 30.3 Å². The normalized spacial score (nSPS) is 11.7. The van der Waals surface area contributed by atoms with E-state index in [2.05, 4.69) is 0 Å². The fraction of sp³-hybridized carbons (Fsp3) is 0.235. The van der Waals surface area contributed by atoms with Gasteiger partial charge in [-0.2, -0.15) is 0 Å². The van der Waals surface area contributed by atoms with Gasteiger partial charge in [0.15, 0.2) is 0 Å². The van der Waals surface area contributed by atoms with Crippen LogP contribution in [0, 0.1) is 17.0 Å². The number of ether oxygens (including phenoxy) is 1. The number of nitro benzene ring substituents is 1. The topological polar surface area (TPSA) is 89.7 Å². The number of nitro groups is 1. The monoisotopic (exact) mass is 315 g/mol. The molecule has 0 amide bonds. The third-order valence-electron chi connectivity index (χ3n) is 3.67. The summed E-state index contributed by atoms with van der Waals surface area (Å²) < 4.78 is 5.25. The Kier molecular flexibility index (Phi) is 4.95. The molecule has 0 heterocycles. The summed E-state index contributed by atoms with van der Waals surface area (Å²) in [5.41, 5.74) is 1.71. The van der Waals surface area contributed by atoms with E-state index in [1.165, 1.54) is 13.2 Å². The molecular formula is C17H17NO5. The van der Waals surface area contributed by atoms with Crippen molar-refractivity contribution in [2.75, 3.05) is 7.11 Å². The Hall–Kier alpha value is -2.89. The minimum Gasteiger partial charge on any atom is -0.496 e. The summed E-state index contributed by atoms with van der Waals surface area (Å²) in [7, 11) is 1.47. The second-order valence-electron chi connectivity index (χ2n) is 5.23. The standard InChI is InChI=1S/C17H17NO5/c1-11-7-8-16(23-2)13(9-11)14(17(19)20)10-12-5-3-4-6-15(12)18(21)22/h3-9,14H,10H2,1-2H3,(H,19,20). The number of hydrogen-bond acceptors (Lipinski definition) is 4. The Morgan fingerprint density at radius 3 is 2.61 bits per heavy atom. The van der Waals surface area contributed by atoms with Gasteiger partial charge in [0, 0.05) is 17.2 Å². The number of carboxylic acid groups (broad SMARTS) is 1. The number of nitrogens with zero attached hydrogens (tertiary/aromatic N) is 1. The predicted molar refractivity (Wildman–Crippen MR) is 84.9 cm³/mol. The van der Waals surface area contributed by atoms with E-state index in [0.717, 1.165) is 5.56 Å². The molecule has 1 atom stereocenters. The number of aryl methyl sites for hydroxylation is 1. The highest BCUT2D eigenvalue weighted by atomic mass is 16.6. The summed E-state index contributed by atoms with van der Waals surface area (Å²) in [6, 6.07) is 11.5. The molecule has 6 heteroatoms. The van der Waals surface area contributed by atoms with Crippen molar-refractivity contribution in [3.8, 4) is 5.75 Å². The Balaban J connectivity index is 2.48. The molecule has 0 aliphatic rings. The van der Waals surface area contributed by atoms with E-state index in [9.17, 15) is 20.0 Å². The third-order valence-corrected chi connectivity index (χ3v) is 3.67. The molecule has 0 aromatic heterocycles. The van der Waals surface area contributed by atoms with Gasteiger partial charge in [0.1, 0.15) is 5.75 Å². The first-order chi connectivity index (χ1) is 10.9. The van der Waals surface area contributed by atoms with Crippen LogP contribution in [-0.2, 0) is 11.2 Å². The number of benzene rings is 2. The summed E-state index contributed by atoms with van der Waals surface area (Å²) in [5, 5.41) is 20.7. The second kappa shape index (κ2) is 6.91. The van der Waals surface area contributed by atoms with Crippen LogP contribution >= 0.6 is 0 Å². The maximum absolute atomic E-state index is 11.7. The van der Waals surface area contributed by atoms with Crippen LogP contribution in [0.15, 0.2) is 42.5 Å². The minimum absolute atomic E-state index is 0.0201. The Morgan fingerprint density at radius 1 is 1.30 bits per heavy atom. The smallest absolute Gasteiger partial charge is 0.311 e. The van der Waals surface area contributed by atoms with Crippen molar-refractivity contribution in [1.82, 2.24) is 0 Å². The second-order valence-corrected chi connectivity index (χ2v) is 5.23. The number of methoxy groups -OCH3 is 1. The molecule has 0 radical (unpaired) electrons. The summed E-state index contributed by atoms with van der Waals surface area (Å²) >= 11 is 0. The number of para-hydroxylation sites is 1. The zero-order valence-electron chi connectivity index (χ0n) is 12.9. The maximum Gasteiger partial charge on any atom is 0.311 e. The van der Waals surface area contributed by atoms with Gasteiger partial charge in [0.2, 0.25) is 0 Å². The van der Waals surface area contributed by atoms with Gasteiger partial charge < -0.3 is 9.84 Å². The molecule has 120 valence electrons. The molecule has 0 saturated heterocycles. The molecule has 0 aliphatic carbocycles. The lowest BCUT2D eigenvalue weighted by Gasteiger charge is -2.17. The lowest BCUT2D eigenvalue weighted by Crippen LogP contribution is -2.16. The molecular weight excluding hydrogens is 298 g/mol. The van der Waals surface area contributed by atoms with E-state index < -0.39 is 16.8 Å². The molecule has 23 heavy (non-hydrogen) atoms. The van der Waals surface area contributed by atoms with E-state index >= 15 is 0 Å². The Labute approximate surface area is 133 Å². The molecule has 6 nitrogen and oxygen atoms in total. The van der Waals surface area contributed by atoms with Crippen molar-refractivity contribution < 1.29 is 19.6 Å². The number of aliphatic carboxylic acids is 1. The molecule has 2 rings (SSSR count). The zero-order chi connectivity index (χ0) is 17.0. The number of carbonyl (C=O) groups is 1. The van der Waals surface area contributed by atoms with E-state index in [0.29, 0.717) is 16.9 Å². The molecule has 0 aliphatic heterocycles. The van der Waals surface area contributed by atoms with Crippen LogP contribution in [0.3, 0.4) is 0 Å². The third kappa shape index (κ3) is 3.66. The highest BCUT2D eigenvalue weighted by Gasteiger charge is 2.27. The van der Waals surface area contributed by atoms with Gasteiger partial charge in [0.25, 0.3) is 5.69 Å². The van der Waals surface area contributed by atoms with Gasteiger partial charge in [0.05, 0.1) is 18.0 Å². The van der Waals surface area contributed by atoms with Crippen LogP contribution in [0.2, 0.25) is 0 Å². The molecule has 2 aromatic carbocycles. The maximum atomic E-state index is 11.7. The first-order valence-corrected chi connectivity index (χ1v) is 7.03. The van der Waals surface area contributed by atoms with Gasteiger partial charge >= 0.3 is 5.97 Å². The molecule has 0 saturated carbocycles. The molecule has 0 bridgehead atoms. The predicted octanol–water partition coefficient (Wildman–Crippen LogP) is 3.32. The van der Waals surface area contributed by atoms with Crippen molar-refractivity contribution >= 4 is 11.7 Å². The SMILES string of the molecule is COc1ccc(C)cc1C(Cc1ccccc1[N+](=O)[O-])C(=O)O. The largest absolute Gasteiger partial charge is 0.496 e. The van der Waals surface area contributed by atoms with Crippen LogP contribution in [0.25, 0.3) is 0 Å². The lowest BCUT2D eigenvalue weighted by molar-refractivity contribution is -0.385. The van der Waals surface area contributed by atoms with Gasteiger partial charge in [-0.3, -0.25) is 14.9 Å². The van der Waals surface area contributed by atoms with Crippen LogP contribution in [0.1, 0.15) is 22.6 Å². The molecule has 1 N–H and O–H groups in total. The molecule has 2 aromatic rings. The van der Waals surface area contributed by atoms with Crippen LogP contribution in [-0.4, -0.2) is 23.1 Å². The minimum atomic E-state index is -1.05. The van der Waals surface area contributed by atoms with Crippen molar-refractivity contribution in [3.63, 3.8) is 0 Å². The summed E-state index contributed by atoms with van der Waals surface area (Å²) in [4.78, 5) is 22.4. The van der Waals surface area contributed by atoms with E-state index in [1.807, 2.05) is 13.0 Å². The highest BCUT2D eigenvalue weighted by molar-refractivity contribution is 5.78. The summed E-state index contributed by atoms with van der Waals surface area (Å²) in [5.74, 6) is -1.51. The van der Waals surface area contributed by atoms with Crippen LogP contribution in [0.5, 0.6) is 5.75 Å². The van der Waals surface area contributed by atoms with Crippen molar-refractivity contribution in [2.24, 2.45) is 0 Å². The molecule has 0 fully saturated rings. The first-order valence-electron chi connectivity index (χ1n) is 7.03. The van der Waals surface area contributed by atoms with Crippen molar-refractivity contribution in [1.29, 1.82) is 0 Å². The van der Waals surface area contributed by atoms with Gasteiger partial charge in [-0.15, -0.1) is 0 Å². The number of carboxylic acids is 1. The highest BCUT2D eigenvalue weighted by Crippen LogP contribution is 2.32. The fourth-order valence-electron chi connectivity index (χ4n) is 2.54. The Morgan fingerprint density at radius 2 is 2.00 bits per heavy atom. The summed E-state index contributed by atoms with van der Waals surface area (Å²) in [6.07, 6.45) is 0.0201. The molecule has 0 spiro atoms. The number of rotatable bonds is 6. The van der Waals surface area contributed by atoms with E-state index in [4.69, 9.17) is 4.74 Å².